The van der Waals surface area contributed by atoms with E-state index in [9.17, 15) is 14.9 Å². The van der Waals surface area contributed by atoms with Gasteiger partial charge < -0.3 is 4.98 Å². The van der Waals surface area contributed by atoms with E-state index in [4.69, 9.17) is 0 Å². The molecule has 5 heteroatoms. The van der Waals surface area contributed by atoms with E-state index in [1.54, 1.807) is 12.1 Å². The zero-order chi connectivity index (χ0) is 14.4. The second kappa shape index (κ2) is 4.16. The van der Waals surface area contributed by atoms with E-state index in [-0.39, 0.29) is 5.69 Å². The molecule has 0 fully saturated rings. The maximum absolute atomic E-state index is 11.1. The number of fused-ring (bicyclic) bond motifs is 3. The van der Waals surface area contributed by atoms with E-state index in [1.165, 1.54) is 6.07 Å². The molecule has 0 atom stereocenters. The van der Waals surface area contributed by atoms with E-state index in [0.29, 0.717) is 5.56 Å². The van der Waals surface area contributed by atoms with Crippen LogP contribution in [0.2, 0.25) is 0 Å². The number of nitrogens with zero attached hydrogens (tertiary/aromatic N) is 1. The van der Waals surface area contributed by atoms with Crippen molar-refractivity contribution in [3.63, 3.8) is 0 Å². The summed E-state index contributed by atoms with van der Waals surface area (Å²) in [6, 6.07) is 6.56. The van der Waals surface area contributed by atoms with Gasteiger partial charge in [-0.15, -0.1) is 0 Å². The number of nitro benzene ring substituents is 1. The lowest BCUT2D eigenvalue weighted by molar-refractivity contribution is -0.384. The molecule has 0 unspecified atom stereocenters. The number of hydrogen-bond acceptors (Lipinski definition) is 3. The van der Waals surface area contributed by atoms with Gasteiger partial charge in [0.25, 0.3) is 5.69 Å². The second-order valence-corrected chi connectivity index (χ2v) is 4.89. The van der Waals surface area contributed by atoms with Crippen LogP contribution in [0.5, 0.6) is 0 Å². The number of hydrogen-bond donors (Lipinski definition) is 1. The fourth-order valence-corrected chi connectivity index (χ4v) is 2.66. The number of aryl methyl sites for hydroxylation is 2. The van der Waals surface area contributed by atoms with Crippen molar-refractivity contribution in [2.75, 3.05) is 0 Å². The fourth-order valence-electron chi connectivity index (χ4n) is 2.66. The average Bonchev–Trinajstić information content (AvgIpc) is 2.81. The Balaban J connectivity index is 2.52. The molecule has 5 nitrogen and oxygen atoms in total. The largest absolute Gasteiger partial charge is 0.354 e. The molecule has 1 heterocycles. The fraction of sp³-hybridized carbons (Fsp3) is 0.133. The van der Waals surface area contributed by atoms with Gasteiger partial charge in [-0.2, -0.15) is 0 Å². The lowest BCUT2D eigenvalue weighted by atomic mass is 9.99. The Labute approximate surface area is 114 Å². The molecule has 1 aromatic heterocycles. The van der Waals surface area contributed by atoms with Crippen LogP contribution in [0, 0.1) is 24.0 Å². The standard InChI is InChI=1S/C15H12N2O3/c1-8-5-10(7-18)9(2)14-12-6-11(17(19)20)3-4-13(12)16-15(8)14/h3-7,16H,1-2H3. The molecule has 0 aliphatic heterocycles. The maximum Gasteiger partial charge on any atom is 0.270 e. The van der Waals surface area contributed by atoms with Crippen molar-refractivity contribution >= 4 is 33.8 Å². The first-order chi connectivity index (χ1) is 9.52. The van der Waals surface area contributed by atoms with E-state index in [1.807, 2.05) is 19.9 Å². The lowest BCUT2D eigenvalue weighted by Crippen LogP contribution is -1.90. The first-order valence-corrected chi connectivity index (χ1v) is 6.18. The minimum atomic E-state index is -0.413. The minimum absolute atomic E-state index is 0.0481. The number of benzene rings is 2. The van der Waals surface area contributed by atoms with Crippen molar-refractivity contribution in [3.8, 4) is 0 Å². The van der Waals surface area contributed by atoms with Crippen LogP contribution in [0.4, 0.5) is 5.69 Å². The third-order valence-electron chi connectivity index (χ3n) is 3.69. The third-order valence-corrected chi connectivity index (χ3v) is 3.69. The molecule has 0 aliphatic carbocycles. The summed E-state index contributed by atoms with van der Waals surface area (Å²) < 4.78 is 0. The van der Waals surface area contributed by atoms with Gasteiger partial charge in [0.15, 0.2) is 0 Å². The van der Waals surface area contributed by atoms with Gasteiger partial charge in [0.1, 0.15) is 6.29 Å². The van der Waals surface area contributed by atoms with Crippen LogP contribution in [0.3, 0.4) is 0 Å². The normalized spacial score (nSPS) is 11.1. The van der Waals surface area contributed by atoms with Crippen molar-refractivity contribution in [3.05, 3.63) is 51.1 Å². The van der Waals surface area contributed by atoms with Crippen LogP contribution < -0.4 is 0 Å². The van der Waals surface area contributed by atoms with E-state index in [0.717, 1.165) is 39.2 Å². The second-order valence-electron chi connectivity index (χ2n) is 4.89. The van der Waals surface area contributed by atoms with E-state index >= 15 is 0 Å². The highest BCUT2D eigenvalue weighted by Crippen LogP contribution is 2.33. The maximum atomic E-state index is 11.1. The highest BCUT2D eigenvalue weighted by molar-refractivity contribution is 6.12. The molecule has 0 spiro atoms. The van der Waals surface area contributed by atoms with Crippen molar-refractivity contribution in [1.82, 2.24) is 4.98 Å². The Hall–Kier alpha value is -2.69. The van der Waals surface area contributed by atoms with E-state index < -0.39 is 4.92 Å². The van der Waals surface area contributed by atoms with Crippen LogP contribution in [-0.2, 0) is 0 Å². The van der Waals surface area contributed by atoms with Gasteiger partial charge in [-0.3, -0.25) is 14.9 Å². The highest BCUT2D eigenvalue weighted by atomic mass is 16.6. The summed E-state index contributed by atoms with van der Waals surface area (Å²) in [4.78, 5) is 24.9. The predicted molar refractivity (Wildman–Crippen MR) is 77.3 cm³/mol. The molecule has 0 bridgehead atoms. The number of rotatable bonds is 2. The zero-order valence-corrected chi connectivity index (χ0v) is 11.1. The van der Waals surface area contributed by atoms with Crippen molar-refractivity contribution in [1.29, 1.82) is 0 Å². The number of H-pyrrole nitrogens is 1. The molecule has 2 aromatic carbocycles. The minimum Gasteiger partial charge on any atom is -0.354 e. The SMILES string of the molecule is Cc1cc(C=O)c(C)c2c1[nH]c1ccc([N+](=O)[O-])cc12. The number of aldehydes is 1. The number of aromatic nitrogens is 1. The molecule has 0 aliphatic rings. The van der Waals surface area contributed by atoms with Gasteiger partial charge >= 0.3 is 0 Å². The number of aromatic amines is 1. The lowest BCUT2D eigenvalue weighted by Gasteiger charge is -2.04. The molecular formula is C15H12N2O3. The molecule has 3 aromatic rings. The number of carbonyl (C=O) groups excluding carboxylic acids is 1. The van der Waals surface area contributed by atoms with E-state index in [2.05, 4.69) is 4.98 Å². The third kappa shape index (κ3) is 1.60. The molecule has 20 heavy (non-hydrogen) atoms. The van der Waals surface area contributed by atoms with Gasteiger partial charge in [0.2, 0.25) is 0 Å². The van der Waals surface area contributed by atoms with Crippen molar-refractivity contribution in [2.45, 2.75) is 13.8 Å². The number of non-ortho nitro benzene ring substituents is 1. The van der Waals surface area contributed by atoms with Gasteiger partial charge in [0.05, 0.1) is 4.92 Å². The summed E-state index contributed by atoms with van der Waals surface area (Å²) in [5.74, 6) is 0. The monoisotopic (exact) mass is 268 g/mol. The Morgan fingerprint density at radius 1 is 1.25 bits per heavy atom. The van der Waals surface area contributed by atoms with Crippen LogP contribution in [0.1, 0.15) is 21.5 Å². The number of nitrogens with one attached hydrogen (secondary N) is 1. The summed E-state index contributed by atoms with van der Waals surface area (Å²) in [6.45, 7) is 3.77. The quantitative estimate of drug-likeness (QED) is 0.437. The zero-order valence-electron chi connectivity index (χ0n) is 11.1. The Kier molecular flexibility index (Phi) is 2.57. The van der Waals surface area contributed by atoms with Gasteiger partial charge in [-0.1, -0.05) is 0 Å². The number of nitro groups is 1. The Morgan fingerprint density at radius 3 is 2.65 bits per heavy atom. The predicted octanol–water partition coefficient (Wildman–Crippen LogP) is 3.66. The molecule has 100 valence electrons. The first-order valence-electron chi connectivity index (χ1n) is 6.18. The van der Waals surface area contributed by atoms with Crippen molar-refractivity contribution < 1.29 is 9.72 Å². The van der Waals surface area contributed by atoms with Gasteiger partial charge in [-0.25, -0.2) is 0 Å². The Bertz CT molecular complexity index is 878. The smallest absolute Gasteiger partial charge is 0.270 e. The average molecular weight is 268 g/mol. The summed E-state index contributed by atoms with van der Waals surface area (Å²) in [6.07, 6.45) is 0.817. The summed E-state index contributed by atoms with van der Waals surface area (Å²) in [5.41, 5.74) is 4.21. The molecule has 0 saturated carbocycles. The van der Waals surface area contributed by atoms with Crippen LogP contribution >= 0.6 is 0 Å². The van der Waals surface area contributed by atoms with Crippen LogP contribution in [0.25, 0.3) is 21.8 Å². The van der Waals surface area contributed by atoms with Crippen molar-refractivity contribution in [2.24, 2.45) is 0 Å². The van der Waals surface area contributed by atoms with Crippen LogP contribution in [-0.4, -0.2) is 16.2 Å². The van der Waals surface area contributed by atoms with Gasteiger partial charge in [0, 0.05) is 39.5 Å². The molecule has 0 saturated heterocycles. The summed E-state index contributed by atoms with van der Waals surface area (Å²) in [5, 5.41) is 12.6. The summed E-state index contributed by atoms with van der Waals surface area (Å²) >= 11 is 0. The van der Waals surface area contributed by atoms with Gasteiger partial charge in [-0.05, 0) is 37.1 Å². The topological polar surface area (TPSA) is 76.0 Å². The molecule has 0 amide bonds. The molecule has 1 N–H and O–H groups in total. The Morgan fingerprint density at radius 2 is 2.00 bits per heavy atom. The molecule has 0 radical (unpaired) electrons. The highest BCUT2D eigenvalue weighted by Gasteiger charge is 2.15. The molecular weight excluding hydrogens is 256 g/mol. The summed E-state index contributed by atoms with van der Waals surface area (Å²) in [7, 11) is 0. The van der Waals surface area contributed by atoms with Crippen LogP contribution in [0.15, 0.2) is 24.3 Å². The molecule has 3 rings (SSSR count). The number of carbonyl (C=O) groups is 1. The first kappa shape index (κ1) is 12.3.